The smallest absolute Gasteiger partial charge is 0.0837 e. The summed E-state index contributed by atoms with van der Waals surface area (Å²) in [4.78, 5) is 0. The van der Waals surface area contributed by atoms with Crippen LogP contribution in [-0.4, -0.2) is 25.3 Å². The molecule has 3 unspecified atom stereocenters. The number of ether oxygens (including phenoxy) is 1. The first-order valence-electron chi connectivity index (χ1n) is 6.61. The van der Waals surface area contributed by atoms with Crippen molar-refractivity contribution < 1.29 is 4.74 Å². The lowest BCUT2D eigenvalue weighted by molar-refractivity contribution is 0.0836. The third-order valence-corrected chi connectivity index (χ3v) is 3.52. The maximum atomic E-state index is 9.24. The summed E-state index contributed by atoms with van der Waals surface area (Å²) in [5.41, 5.74) is 1.08. The Labute approximate surface area is 109 Å². The quantitative estimate of drug-likeness (QED) is 0.865. The average molecular weight is 244 g/mol. The summed E-state index contributed by atoms with van der Waals surface area (Å²) in [7, 11) is 0. The van der Waals surface area contributed by atoms with Crippen LogP contribution in [0, 0.1) is 11.3 Å². The predicted molar refractivity (Wildman–Crippen MR) is 71.2 cm³/mol. The van der Waals surface area contributed by atoms with Gasteiger partial charge in [0.15, 0.2) is 0 Å². The van der Waals surface area contributed by atoms with Gasteiger partial charge in [-0.1, -0.05) is 30.3 Å². The van der Waals surface area contributed by atoms with Gasteiger partial charge in [-0.05, 0) is 25.3 Å². The molecule has 0 radical (unpaired) electrons. The van der Waals surface area contributed by atoms with E-state index < -0.39 is 0 Å². The molecule has 3 atom stereocenters. The van der Waals surface area contributed by atoms with Gasteiger partial charge in [0.2, 0.25) is 0 Å². The Balaban J connectivity index is 1.86. The summed E-state index contributed by atoms with van der Waals surface area (Å²) in [5, 5.41) is 12.7. The molecule has 3 nitrogen and oxygen atoms in total. The molecule has 2 rings (SSSR count). The van der Waals surface area contributed by atoms with Gasteiger partial charge < -0.3 is 10.1 Å². The van der Waals surface area contributed by atoms with Crippen LogP contribution in [0.4, 0.5) is 0 Å². The molecule has 1 heterocycles. The van der Waals surface area contributed by atoms with Crippen molar-refractivity contribution in [1.29, 1.82) is 5.26 Å². The Bertz CT molecular complexity index is 393. The lowest BCUT2D eigenvalue weighted by atomic mass is 10.00. The van der Waals surface area contributed by atoms with E-state index in [9.17, 15) is 5.26 Å². The van der Waals surface area contributed by atoms with Crippen molar-refractivity contribution in [1.82, 2.24) is 5.32 Å². The van der Waals surface area contributed by atoms with E-state index in [0.29, 0.717) is 18.7 Å². The highest BCUT2D eigenvalue weighted by molar-refractivity contribution is 5.25. The maximum absolute atomic E-state index is 9.24. The van der Waals surface area contributed by atoms with Crippen LogP contribution in [-0.2, 0) is 4.74 Å². The lowest BCUT2D eigenvalue weighted by Gasteiger charge is -2.21. The van der Waals surface area contributed by atoms with E-state index in [1.807, 2.05) is 30.3 Å². The summed E-state index contributed by atoms with van der Waals surface area (Å²) < 4.78 is 5.64. The molecule has 3 heteroatoms. The zero-order valence-electron chi connectivity index (χ0n) is 10.8. The van der Waals surface area contributed by atoms with Crippen molar-refractivity contribution in [2.45, 2.75) is 37.8 Å². The first-order chi connectivity index (χ1) is 8.81. The van der Waals surface area contributed by atoms with E-state index >= 15 is 0 Å². The number of benzene rings is 1. The zero-order valence-corrected chi connectivity index (χ0v) is 10.8. The Kier molecular flexibility index (Phi) is 4.74. The minimum Gasteiger partial charge on any atom is -0.377 e. The van der Waals surface area contributed by atoms with Gasteiger partial charge >= 0.3 is 0 Å². The first kappa shape index (κ1) is 13.1. The molecule has 0 bridgehead atoms. The van der Waals surface area contributed by atoms with Gasteiger partial charge in [0.25, 0.3) is 0 Å². The van der Waals surface area contributed by atoms with E-state index in [-0.39, 0.29) is 5.92 Å². The fourth-order valence-corrected chi connectivity index (χ4v) is 2.36. The normalized spacial score (nSPS) is 22.3. The van der Waals surface area contributed by atoms with Gasteiger partial charge in [0.1, 0.15) is 0 Å². The summed E-state index contributed by atoms with van der Waals surface area (Å²) in [5.74, 6) is -0.0879. The van der Waals surface area contributed by atoms with Crippen molar-refractivity contribution in [3.8, 4) is 6.07 Å². The van der Waals surface area contributed by atoms with Crippen molar-refractivity contribution in [2.75, 3.05) is 13.2 Å². The summed E-state index contributed by atoms with van der Waals surface area (Å²) >= 11 is 0. The van der Waals surface area contributed by atoms with Crippen molar-refractivity contribution in [3.05, 3.63) is 35.9 Å². The van der Waals surface area contributed by atoms with Crippen LogP contribution >= 0.6 is 0 Å². The molecule has 1 fully saturated rings. The van der Waals surface area contributed by atoms with Gasteiger partial charge in [0, 0.05) is 19.2 Å². The molecule has 0 spiro atoms. The number of rotatable bonds is 5. The summed E-state index contributed by atoms with van der Waals surface area (Å²) in [6.45, 7) is 3.69. The molecular weight excluding hydrogens is 224 g/mol. The molecule has 1 saturated heterocycles. The van der Waals surface area contributed by atoms with Gasteiger partial charge in [-0.2, -0.15) is 5.26 Å². The lowest BCUT2D eigenvalue weighted by Crippen LogP contribution is -2.39. The van der Waals surface area contributed by atoms with E-state index in [1.165, 1.54) is 0 Å². The summed E-state index contributed by atoms with van der Waals surface area (Å²) in [6.07, 6.45) is 2.58. The van der Waals surface area contributed by atoms with Gasteiger partial charge in [0.05, 0.1) is 18.1 Å². The van der Waals surface area contributed by atoms with E-state index in [2.05, 4.69) is 18.3 Å². The van der Waals surface area contributed by atoms with Crippen molar-refractivity contribution in [3.63, 3.8) is 0 Å². The molecule has 1 N–H and O–H groups in total. The monoisotopic (exact) mass is 244 g/mol. The first-order valence-corrected chi connectivity index (χ1v) is 6.61. The average Bonchev–Trinajstić information content (AvgIpc) is 2.94. The van der Waals surface area contributed by atoms with E-state index in [1.54, 1.807) is 0 Å². The molecule has 96 valence electrons. The Morgan fingerprint density at radius 1 is 1.44 bits per heavy atom. The molecule has 0 saturated carbocycles. The predicted octanol–water partition coefficient (Wildman–Crippen LogP) is 2.45. The van der Waals surface area contributed by atoms with Crippen LogP contribution in [0.25, 0.3) is 0 Å². The molecule has 0 aliphatic carbocycles. The van der Waals surface area contributed by atoms with Crippen molar-refractivity contribution in [2.24, 2.45) is 0 Å². The second kappa shape index (κ2) is 6.53. The molecule has 0 amide bonds. The van der Waals surface area contributed by atoms with Crippen LogP contribution in [0.15, 0.2) is 30.3 Å². The molecule has 1 aromatic rings. The van der Waals surface area contributed by atoms with E-state index in [4.69, 9.17) is 4.74 Å². The molecule has 1 aromatic carbocycles. The molecular formula is C15H20N2O. The number of hydrogen-bond acceptors (Lipinski definition) is 3. The van der Waals surface area contributed by atoms with Crippen LogP contribution < -0.4 is 5.32 Å². The molecule has 1 aliphatic rings. The molecule has 0 aromatic heterocycles. The topological polar surface area (TPSA) is 45.0 Å². The third-order valence-electron chi connectivity index (χ3n) is 3.52. The van der Waals surface area contributed by atoms with Gasteiger partial charge in [-0.25, -0.2) is 0 Å². The van der Waals surface area contributed by atoms with E-state index in [0.717, 1.165) is 25.0 Å². The minimum absolute atomic E-state index is 0.0879. The van der Waals surface area contributed by atoms with Crippen LogP contribution in [0.3, 0.4) is 0 Å². The third kappa shape index (κ3) is 3.32. The zero-order chi connectivity index (χ0) is 12.8. The Morgan fingerprint density at radius 2 is 2.22 bits per heavy atom. The molecule has 18 heavy (non-hydrogen) atoms. The second-order valence-electron chi connectivity index (χ2n) is 4.84. The number of nitriles is 1. The maximum Gasteiger partial charge on any atom is 0.0837 e. The number of hydrogen-bond donors (Lipinski definition) is 1. The highest BCUT2D eigenvalue weighted by Crippen LogP contribution is 2.17. The van der Waals surface area contributed by atoms with Crippen LogP contribution in [0.1, 0.15) is 31.2 Å². The fraction of sp³-hybridized carbons (Fsp3) is 0.533. The van der Waals surface area contributed by atoms with Crippen molar-refractivity contribution >= 4 is 0 Å². The van der Waals surface area contributed by atoms with Gasteiger partial charge in [-0.3, -0.25) is 0 Å². The highest BCUT2D eigenvalue weighted by Gasteiger charge is 2.22. The number of nitrogens with one attached hydrogen (secondary N) is 1. The van der Waals surface area contributed by atoms with Crippen LogP contribution in [0.5, 0.6) is 0 Å². The highest BCUT2D eigenvalue weighted by atomic mass is 16.5. The SMILES string of the molecule is CC(NCC(C#N)c1ccccc1)C1CCCO1. The summed E-state index contributed by atoms with van der Waals surface area (Å²) in [6, 6.07) is 12.6. The molecule has 1 aliphatic heterocycles. The fourth-order valence-electron chi connectivity index (χ4n) is 2.36. The van der Waals surface area contributed by atoms with Gasteiger partial charge in [-0.15, -0.1) is 0 Å². The largest absolute Gasteiger partial charge is 0.377 e. The Morgan fingerprint density at radius 3 is 2.83 bits per heavy atom. The second-order valence-corrected chi connectivity index (χ2v) is 4.84. The minimum atomic E-state index is -0.0879. The Hall–Kier alpha value is -1.37. The standard InChI is InChI=1S/C15H20N2O/c1-12(15-8-5-9-18-15)17-11-14(10-16)13-6-3-2-4-7-13/h2-4,6-7,12,14-15,17H,5,8-9,11H2,1H3. The van der Waals surface area contributed by atoms with Crippen LogP contribution in [0.2, 0.25) is 0 Å². The number of nitrogens with zero attached hydrogens (tertiary/aromatic N) is 1.